The number of hydrazone groups is 1. The molecule has 0 saturated heterocycles. The predicted molar refractivity (Wildman–Crippen MR) is 96.0 cm³/mol. The van der Waals surface area contributed by atoms with E-state index in [1.165, 1.54) is 16.7 Å². The number of nitrogens with zero attached hydrogens (tertiary/aromatic N) is 3. The minimum atomic E-state index is 0.0814. The molecule has 0 radical (unpaired) electrons. The monoisotopic (exact) mass is 316 g/mol. The van der Waals surface area contributed by atoms with Crippen LogP contribution in [0, 0.1) is 13.8 Å². The number of benzene rings is 2. The van der Waals surface area contributed by atoms with Gasteiger partial charge in [-0.3, -0.25) is 5.43 Å². The first-order valence-corrected chi connectivity index (χ1v) is 8.16. The Labute approximate surface area is 141 Å². The predicted octanol–water partition coefficient (Wildman–Crippen LogP) is 3.79. The van der Waals surface area contributed by atoms with Crippen LogP contribution in [0.4, 0.5) is 0 Å². The van der Waals surface area contributed by atoms with Gasteiger partial charge in [0.15, 0.2) is 0 Å². The highest BCUT2D eigenvalue weighted by atomic mass is 15.4. The first-order valence-electron chi connectivity index (χ1n) is 8.16. The van der Waals surface area contributed by atoms with Gasteiger partial charge in [-0.25, -0.2) is 4.98 Å². The summed E-state index contributed by atoms with van der Waals surface area (Å²) in [5, 5.41) is 4.67. The summed E-state index contributed by atoms with van der Waals surface area (Å²) in [4.78, 5) is 4.23. The topological polar surface area (TPSA) is 42.2 Å². The second kappa shape index (κ2) is 5.96. The number of aryl methyl sites for hydroxylation is 2. The van der Waals surface area contributed by atoms with E-state index < -0.39 is 0 Å². The van der Waals surface area contributed by atoms with E-state index in [4.69, 9.17) is 0 Å². The molecule has 0 spiro atoms. The molecule has 0 unspecified atom stereocenters. The summed E-state index contributed by atoms with van der Waals surface area (Å²) < 4.78 is 2.13. The van der Waals surface area contributed by atoms with Crippen LogP contribution in [0.3, 0.4) is 0 Å². The van der Waals surface area contributed by atoms with Crippen molar-refractivity contribution in [1.82, 2.24) is 15.0 Å². The van der Waals surface area contributed by atoms with Crippen molar-refractivity contribution in [2.24, 2.45) is 5.10 Å². The molecule has 0 fully saturated rings. The summed E-state index contributed by atoms with van der Waals surface area (Å²) >= 11 is 0. The molecule has 4 nitrogen and oxygen atoms in total. The van der Waals surface area contributed by atoms with Crippen molar-refractivity contribution >= 4 is 5.71 Å². The minimum absolute atomic E-state index is 0.0814. The number of imidazole rings is 1. The molecule has 0 bridgehead atoms. The van der Waals surface area contributed by atoms with Crippen molar-refractivity contribution in [3.8, 4) is 0 Å². The Hall–Kier alpha value is -2.88. The molecule has 0 aliphatic carbocycles. The lowest BCUT2D eigenvalue weighted by atomic mass is 9.93. The first-order chi connectivity index (χ1) is 11.7. The zero-order valence-electron chi connectivity index (χ0n) is 13.8. The lowest BCUT2D eigenvalue weighted by molar-refractivity contribution is 0.481. The molecule has 4 rings (SSSR count). The number of nitrogens with one attached hydrogen (secondary N) is 1. The van der Waals surface area contributed by atoms with Gasteiger partial charge in [-0.05, 0) is 25.0 Å². The van der Waals surface area contributed by atoms with E-state index in [1.807, 2.05) is 18.7 Å². The molecule has 0 saturated carbocycles. The van der Waals surface area contributed by atoms with Crippen LogP contribution in [-0.4, -0.2) is 15.3 Å². The Kier molecular flexibility index (Phi) is 3.65. The average molecular weight is 316 g/mol. The van der Waals surface area contributed by atoms with E-state index >= 15 is 0 Å². The fourth-order valence-corrected chi connectivity index (χ4v) is 3.17. The van der Waals surface area contributed by atoms with Crippen molar-refractivity contribution in [1.29, 1.82) is 0 Å². The minimum Gasteiger partial charge on any atom is -0.326 e. The van der Waals surface area contributed by atoms with Crippen LogP contribution in [0.15, 0.2) is 72.4 Å². The van der Waals surface area contributed by atoms with Gasteiger partial charge in [0.25, 0.3) is 0 Å². The Bertz CT molecular complexity index is 846. The van der Waals surface area contributed by atoms with Crippen molar-refractivity contribution in [3.63, 3.8) is 0 Å². The second-order valence-electron chi connectivity index (χ2n) is 6.34. The zero-order valence-corrected chi connectivity index (χ0v) is 13.8. The molecule has 1 aliphatic rings. The molecule has 24 heavy (non-hydrogen) atoms. The normalized spacial score (nSPS) is 19.8. The standard InChI is InChI=1S/C20H20N4/c1-14-3-7-16(8-4-14)18-20(24-12-11-21-13-24)19(23-22-18)17-9-5-15(2)6-10-17/h3-13,18,20,22H,1-2H3/t18-,20-/m0/s1. The van der Waals surface area contributed by atoms with Crippen LogP contribution < -0.4 is 5.43 Å². The smallest absolute Gasteiger partial charge is 0.105 e. The molecule has 1 aliphatic heterocycles. The number of aromatic nitrogens is 2. The third-order valence-corrected chi connectivity index (χ3v) is 4.55. The number of hydrogen-bond donors (Lipinski definition) is 1. The summed E-state index contributed by atoms with van der Waals surface area (Å²) in [5.41, 5.74) is 9.25. The van der Waals surface area contributed by atoms with E-state index in [2.05, 4.69) is 82.5 Å². The van der Waals surface area contributed by atoms with E-state index in [1.54, 1.807) is 0 Å². The summed E-state index contributed by atoms with van der Waals surface area (Å²) in [6.07, 6.45) is 5.68. The van der Waals surface area contributed by atoms with Crippen LogP contribution in [0.1, 0.15) is 34.3 Å². The molecule has 1 N–H and O–H groups in total. The summed E-state index contributed by atoms with van der Waals surface area (Å²) in [6.45, 7) is 4.20. The third kappa shape index (κ3) is 2.60. The zero-order chi connectivity index (χ0) is 16.5. The van der Waals surface area contributed by atoms with Crippen LogP contribution >= 0.6 is 0 Å². The van der Waals surface area contributed by atoms with Gasteiger partial charge in [-0.2, -0.15) is 5.10 Å². The maximum Gasteiger partial charge on any atom is 0.105 e. The molecule has 3 aromatic rings. The van der Waals surface area contributed by atoms with Gasteiger partial charge in [0, 0.05) is 12.4 Å². The molecular weight excluding hydrogens is 296 g/mol. The summed E-state index contributed by atoms with van der Waals surface area (Å²) in [6, 6.07) is 17.3. The number of hydrogen-bond acceptors (Lipinski definition) is 3. The van der Waals surface area contributed by atoms with Gasteiger partial charge < -0.3 is 4.57 Å². The Morgan fingerprint density at radius 2 is 1.58 bits per heavy atom. The van der Waals surface area contributed by atoms with Gasteiger partial charge in [0.1, 0.15) is 6.04 Å². The van der Waals surface area contributed by atoms with E-state index in [0.717, 1.165) is 11.3 Å². The largest absolute Gasteiger partial charge is 0.326 e. The van der Waals surface area contributed by atoms with Gasteiger partial charge in [0.05, 0.1) is 18.1 Å². The maximum absolute atomic E-state index is 4.67. The average Bonchev–Trinajstić information content (AvgIpc) is 3.25. The molecule has 2 aromatic carbocycles. The fraction of sp³-hybridized carbons (Fsp3) is 0.200. The van der Waals surface area contributed by atoms with E-state index in [9.17, 15) is 0 Å². The molecule has 120 valence electrons. The fourth-order valence-electron chi connectivity index (χ4n) is 3.17. The van der Waals surface area contributed by atoms with Crippen LogP contribution in [0.5, 0.6) is 0 Å². The summed E-state index contributed by atoms with van der Waals surface area (Å²) in [7, 11) is 0. The van der Waals surface area contributed by atoms with Gasteiger partial charge in [0.2, 0.25) is 0 Å². The summed E-state index contributed by atoms with van der Waals surface area (Å²) in [5.74, 6) is 0. The van der Waals surface area contributed by atoms with E-state index in [-0.39, 0.29) is 12.1 Å². The second-order valence-corrected chi connectivity index (χ2v) is 6.34. The Morgan fingerprint density at radius 3 is 2.21 bits per heavy atom. The highest BCUT2D eigenvalue weighted by molar-refractivity contribution is 6.04. The molecular formula is C20H20N4. The third-order valence-electron chi connectivity index (χ3n) is 4.55. The van der Waals surface area contributed by atoms with Gasteiger partial charge >= 0.3 is 0 Å². The van der Waals surface area contributed by atoms with Crippen LogP contribution in [-0.2, 0) is 0 Å². The van der Waals surface area contributed by atoms with Crippen LogP contribution in [0.25, 0.3) is 0 Å². The first kappa shape index (κ1) is 14.7. The molecule has 1 aromatic heterocycles. The molecule has 2 heterocycles. The number of rotatable bonds is 3. The van der Waals surface area contributed by atoms with Crippen molar-refractivity contribution in [3.05, 3.63) is 89.5 Å². The quantitative estimate of drug-likeness (QED) is 0.799. The van der Waals surface area contributed by atoms with Crippen molar-refractivity contribution in [2.45, 2.75) is 25.9 Å². The SMILES string of the molecule is Cc1ccc(C2=NN[C@@H](c3ccc(C)cc3)[C@@H]2n2ccnc2)cc1. The van der Waals surface area contributed by atoms with Crippen molar-refractivity contribution in [2.75, 3.05) is 0 Å². The lowest BCUT2D eigenvalue weighted by Gasteiger charge is -2.22. The molecule has 0 amide bonds. The Morgan fingerprint density at radius 1 is 0.917 bits per heavy atom. The highest BCUT2D eigenvalue weighted by Crippen LogP contribution is 2.34. The van der Waals surface area contributed by atoms with Gasteiger partial charge in [-0.1, -0.05) is 59.7 Å². The van der Waals surface area contributed by atoms with Crippen molar-refractivity contribution < 1.29 is 0 Å². The maximum atomic E-state index is 4.67. The van der Waals surface area contributed by atoms with E-state index in [0.29, 0.717) is 0 Å². The van der Waals surface area contributed by atoms with Crippen LogP contribution in [0.2, 0.25) is 0 Å². The van der Waals surface area contributed by atoms with Gasteiger partial charge in [-0.15, -0.1) is 0 Å². The Balaban J connectivity index is 1.75. The molecule has 2 atom stereocenters. The highest BCUT2D eigenvalue weighted by Gasteiger charge is 2.34. The lowest BCUT2D eigenvalue weighted by Crippen LogP contribution is -2.25. The molecule has 4 heteroatoms.